The van der Waals surface area contributed by atoms with Crippen LogP contribution >= 0.6 is 0 Å². The molecule has 1 unspecified atom stereocenters. The highest BCUT2D eigenvalue weighted by Crippen LogP contribution is 2.28. The van der Waals surface area contributed by atoms with E-state index >= 15 is 0 Å². The molecule has 0 radical (unpaired) electrons. The molecule has 1 aliphatic heterocycles. The van der Waals surface area contributed by atoms with Crippen molar-refractivity contribution in [2.45, 2.75) is 39.4 Å². The molecule has 31 heavy (non-hydrogen) atoms. The molecule has 4 heterocycles. The molecule has 4 aromatic rings. The molecule has 0 bridgehead atoms. The number of anilines is 2. The summed E-state index contributed by atoms with van der Waals surface area (Å²) in [6.07, 6.45) is 8.38. The Bertz CT molecular complexity index is 1200. The number of imidazole rings is 1. The molecule has 1 saturated heterocycles. The van der Waals surface area contributed by atoms with E-state index in [9.17, 15) is 0 Å². The van der Waals surface area contributed by atoms with Gasteiger partial charge in [0.1, 0.15) is 5.75 Å². The first-order valence-corrected chi connectivity index (χ1v) is 10.6. The number of ether oxygens (including phenoxy) is 2. The van der Waals surface area contributed by atoms with Crippen molar-refractivity contribution in [3.8, 4) is 17.0 Å². The Labute approximate surface area is 181 Å². The van der Waals surface area contributed by atoms with Gasteiger partial charge in [0, 0.05) is 36.1 Å². The van der Waals surface area contributed by atoms with Gasteiger partial charge in [0.05, 0.1) is 18.5 Å². The lowest BCUT2D eigenvalue weighted by Crippen LogP contribution is -2.25. The van der Waals surface area contributed by atoms with E-state index in [0.29, 0.717) is 0 Å². The van der Waals surface area contributed by atoms with E-state index < -0.39 is 0 Å². The fraction of sp³-hybridized carbons (Fsp3) is 0.292. The van der Waals surface area contributed by atoms with E-state index in [1.807, 2.05) is 54.0 Å². The van der Waals surface area contributed by atoms with E-state index in [0.717, 1.165) is 71.2 Å². The Kier molecular flexibility index (Phi) is 5.26. The Hall–Kier alpha value is -3.45. The maximum Gasteiger partial charge on any atom is 0.199 e. The summed E-state index contributed by atoms with van der Waals surface area (Å²) in [7, 11) is 0. The highest BCUT2D eigenvalue weighted by atomic mass is 16.7. The topological polar surface area (TPSA) is 73.6 Å². The summed E-state index contributed by atoms with van der Waals surface area (Å²) in [5, 5.41) is 8.27. The van der Waals surface area contributed by atoms with Gasteiger partial charge in [-0.1, -0.05) is 6.07 Å². The summed E-state index contributed by atoms with van der Waals surface area (Å²) in [6, 6.07) is 12.0. The lowest BCUT2D eigenvalue weighted by atomic mass is 10.2. The maximum atomic E-state index is 6.04. The van der Waals surface area contributed by atoms with Crippen LogP contribution in [0.2, 0.25) is 0 Å². The molecule has 0 spiro atoms. The zero-order valence-electron chi connectivity index (χ0n) is 17.7. The lowest BCUT2D eigenvalue weighted by Gasteiger charge is -2.24. The number of rotatable bonds is 5. The molecule has 1 aromatic carbocycles. The highest BCUT2D eigenvalue weighted by molar-refractivity contribution is 5.68. The number of aromatic nitrogens is 4. The van der Waals surface area contributed by atoms with Gasteiger partial charge in [0.15, 0.2) is 17.8 Å². The number of aryl methyl sites for hydroxylation is 2. The molecule has 7 heteroatoms. The van der Waals surface area contributed by atoms with Gasteiger partial charge in [-0.05, 0) is 62.1 Å². The maximum absolute atomic E-state index is 6.04. The van der Waals surface area contributed by atoms with Gasteiger partial charge in [-0.3, -0.25) is 4.98 Å². The predicted octanol–water partition coefficient (Wildman–Crippen LogP) is 5.06. The first-order valence-electron chi connectivity index (χ1n) is 10.6. The third kappa shape index (κ3) is 4.09. The second-order valence-electron chi connectivity index (χ2n) is 7.84. The number of pyridine rings is 1. The summed E-state index contributed by atoms with van der Waals surface area (Å²) in [5.41, 5.74) is 5.87. The molecule has 0 amide bonds. The van der Waals surface area contributed by atoms with Crippen molar-refractivity contribution in [1.29, 1.82) is 0 Å². The van der Waals surface area contributed by atoms with Gasteiger partial charge in [-0.15, -0.1) is 5.10 Å². The SMILES string of the molecule is Cc1ccc(OC2CCCCO2)cc1Nc1cc(C)c2ncc(-c3ccncc3)n2n1. The van der Waals surface area contributed by atoms with Gasteiger partial charge in [-0.2, -0.15) is 0 Å². The average Bonchev–Trinajstić information content (AvgIpc) is 3.22. The van der Waals surface area contributed by atoms with Crippen LogP contribution in [0.25, 0.3) is 16.9 Å². The largest absolute Gasteiger partial charge is 0.465 e. The first-order chi connectivity index (χ1) is 15.2. The molecule has 1 fully saturated rings. The minimum atomic E-state index is -0.171. The molecule has 7 nitrogen and oxygen atoms in total. The smallest absolute Gasteiger partial charge is 0.199 e. The van der Waals surface area contributed by atoms with Crippen molar-refractivity contribution in [2.24, 2.45) is 0 Å². The van der Waals surface area contributed by atoms with Gasteiger partial charge in [0.2, 0.25) is 0 Å². The summed E-state index contributed by atoms with van der Waals surface area (Å²) in [4.78, 5) is 8.66. The molecular weight excluding hydrogens is 390 g/mol. The molecule has 1 aliphatic rings. The number of nitrogens with one attached hydrogen (secondary N) is 1. The van der Waals surface area contributed by atoms with Crippen LogP contribution in [0.15, 0.2) is 55.0 Å². The Morgan fingerprint density at radius 3 is 2.74 bits per heavy atom. The highest BCUT2D eigenvalue weighted by Gasteiger charge is 2.16. The quantitative estimate of drug-likeness (QED) is 0.491. The predicted molar refractivity (Wildman–Crippen MR) is 120 cm³/mol. The fourth-order valence-corrected chi connectivity index (χ4v) is 3.81. The van der Waals surface area contributed by atoms with E-state index in [-0.39, 0.29) is 6.29 Å². The molecule has 158 valence electrons. The fourth-order valence-electron chi connectivity index (χ4n) is 3.81. The van der Waals surface area contributed by atoms with E-state index in [1.165, 1.54) is 0 Å². The van der Waals surface area contributed by atoms with Crippen molar-refractivity contribution in [2.75, 3.05) is 11.9 Å². The van der Waals surface area contributed by atoms with Gasteiger partial charge in [-0.25, -0.2) is 9.50 Å². The minimum absolute atomic E-state index is 0.171. The van der Waals surface area contributed by atoms with Gasteiger partial charge in [0.25, 0.3) is 0 Å². The number of fused-ring (bicyclic) bond motifs is 1. The second-order valence-corrected chi connectivity index (χ2v) is 7.84. The third-order valence-electron chi connectivity index (χ3n) is 5.50. The zero-order valence-corrected chi connectivity index (χ0v) is 17.7. The third-order valence-corrected chi connectivity index (χ3v) is 5.50. The standard InChI is InChI=1S/C24H25N5O2/c1-16-6-7-19(31-23-5-3-4-12-30-23)14-20(16)27-22-13-17(2)24-26-15-21(29(24)28-22)18-8-10-25-11-9-18/h6-11,13-15,23H,3-5,12H2,1-2H3,(H,27,28). The van der Waals surface area contributed by atoms with E-state index in [4.69, 9.17) is 14.6 Å². The van der Waals surface area contributed by atoms with E-state index in [2.05, 4.69) is 22.2 Å². The van der Waals surface area contributed by atoms with Crippen molar-refractivity contribution in [3.63, 3.8) is 0 Å². The molecule has 3 aromatic heterocycles. The molecule has 1 atom stereocenters. The molecule has 0 aliphatic carbocycles. The molecule has 1 N–H and O–H groups in total. The number of nitrogens with zero attached hydrogens (tertiary/aromatic N) is 4. The first kappa shape index (κ1) is 19.5. The number of benzene rings is 1. The number of hydrogen-bond donors (Lipinski definition) is 1. The lowest BCUT2D eigenvalue weighted by molar-refractivity contribution is -0.105. The Morgan fingerprint density at radius 1 is 1.06 bits per heavy atom. The number of hydrogen-bond acceptors (Lipinski definition) is 6. The van der Waals surface area contributed by atoms with Crippen LogP contribution in [-0.2, 0) is 4.74 Å². The van der Waals surface area contributed by atoms with Gasteiger partial charge < -0.3 is 14.8 Å². The Balaban J connectivity index is 1.45. The zero-order chi connectivity index (χ0) is 21.2. The van der Waals surface area contributed by atoms with Crippen LogP contribution in [0, 0.1) is 13.8 Å². The minimum Gasteiger partial charge on any atom is -0.465 e. The van der Waals surface area contributed by atoms with Crippen LogP contribution in [0.3, 0.4) is 0 Å². The summed E-state index contributed by atoms with van der Waals surface area (Å²) < 4.78 is 13.6. The summed E-state index contributed by atoms with van der Waals surface area (Å²) in [5.74, 6) is 1.53. The van der Waals surface area contributed by atoms with Crippen LogP contribution in [-0.4, -0.2) is 32.5 Å². The monoisotopic (exact) mass is 415 g/mol. The van der Waals surface area contributed by atoms with Crippen LogP contribution in [0.4, 0.5) is 11.5 Å². The second kappa shape index (κ2) is 8.35. The molecule has 5 rings (SSSR count). The summed E-state index contributed by atoms with van der Waals surface area (Å²) >= 11 is 0. The molecule has 0 saturated carbocycles. The normalized spacial score (nSPS) is 16.4. The summed E-state index contributed by atoms with van der Waals surface area (Å²) in [6.45, 7) is 4.86. The van der Waals surface area contributed by atoms with Crippen molar-refractivity contribution in [1.82, 2.24) is 19.6 Å². The van der Waals surface area contributed by atoms with Gasteiger partial charge >= 0.3 is 0 Å². The Morgan fingerprint density at radius 2 is 1.94 bits per heavy atom. The van der Waals surface area contributed by atoms with E-state index in [1.54, 1.807) is 12.4 Å². The van der Waals surface area contributed by atoms with Crippen LogP contribution in [0.1, 0.15) is 30.4 Å². The molecular formula is C24H25N5O2. The van der Waals surface area contributed by atoms with Crippen LogP contribution in [0.5, 0.6) is 5.75 Å². The van der Waals surface area contributed by atoms with Crippen LogP contribution < -0.4 is 10.1 Å². The van der Waals surface area contributed by atoms with Crippen molar-refractivity contribution >= 4 is 17.2 Å². The van der Waals surface area contributed by atoms with Crippen molar-refractivity contribution < 1.29 is 9.47 Å². The average molecular weight is 415 g/mol. The van der Waals surface area contributed by atoms with Crippen molar-refractivity contribution in [3.05, 3.63) is 66.1 Å².